The van der Waals surface area contributed by atoms with Gasteiger partial charge in [0.15, 0.2) is 0 Å². The molecule has 5 nitrogen and oxygen atoms in total. The van der Waals surface area contributed by atoms with Crippen LogP contribution in [0.1, 0.15) is 19.3 Å². The van der Waals surface area contributed by atoms with Gasteiger partial charge in [0.25, 0.3) is 0 Å². The zero-order valence-corrected chi connectivity index (χ0v) is 11.4. The maximum atomic E-state index is 6.01. The molecule has 106 valence electrons. The van der Waals surface area contributed by atoms with Crippen LogP contribution in [-0.4, -0.2) is 74.4 Å². The first-order valence-electron chi connectivity index (χ1n) is 7.33. The first-order valence-corrected chi connectivity index (χ1v) is 7.33. The van der Waals surface area contributed by atoms with Gasteiger partial charge in [0.05, 0.1) is 12.7 Å². The van der Waals surface area contributed by atoms with Gasteiger partial charge < -0.3 is 16.2 Å². The molecule has 2 saturated heterocycles. The first kappa shape index (κ1) is 14.2. The van der Waals surface area contributed by atoms with Crippen molar-refractivity contribution < 1.29 is 4.74 Å². The molecule has 0 bridgehead atoms. The largest absolute Gasteiger partial charge is 0.374 e. The number of hydrogen-bond donors (Lipinski definition) is 2. The van der Waals surface area contributed by atoms with Crippen molar-refractivity contribution in [1.29, 1.82) is 0 Å². The van der Waals surface area contributed by atoms with E-state index in [1.54, 1.807) is 0 Å². The maximum Gasteiger partial charge on any atom is 0.0857 e. The zero-order valence-electron chi connectivity index (χ0n) is 11.4. The topological polar surface area (TPSA) is 67.8 Å². The lowest BCUT2D eigenvalue weighted by atomic mass is 9.96. The fourth-order valence-electron chi connectivity index (χ4n) is 3.23. The molecule has 0 radical (unpaired) electrons. The number of nitrogens with two attached hydrogens (primary N) is 2. The molecule has 0 aromatic carbocycles. The third kappa shape index (κ3) is 3.65. The molecule has 2 heterocycles. The van der Waals surface area contributed by atoms with E-state index in [-0.39, 0.29) is 0 Å². The van der Waals surface area contributed by atoms with Gasteiger partial charge >= 0.3 is 0 Å². The molecule has 0 amide bonds. The van der Waals surface area contributed by atoms with E-state index < -0.39 is 0 Å². The predicted molar refractivity (Wildman–Crippen MR) is 73.5 cm³/mol. The van der Waals surface area contributed by atoms with Crippen molar-refractivity contribution in [1.82, 2.24) is 9.80 Å². The Morgan fingerprint density at radius 3 is 2.67 bits per heavy atom. The average molecular weight is 256 g/mol. The molecule has 2 aliphatic rings. The van der Waals surface area contributed by atoms with Gasteiger partial charge in [-0.3, -0.25) is 9.80 Å². The predicted octanol–water partition coefficient (Wildman–Crippen LogP) is -0.541. The monoisotopic (exact) mass is 256 g/mol. The molecule has 2 aliphatic heterocycles. The highest BCUT2D eigenvalue weighted by atomic mass is 16.5. The Labute approximate surface area is 110 Å². The summed E-state index contributed by atoms with van der Waals surface area (Å²) in [5, 5.41) is 0. The lowest BCUT2D eigenvalue weighted by Crippen LogP contribution is -2.56. The number of piperidine rings is 1. The Balaban J connectivity index is 1.90. The molecule has 4 N–H and O–H groups in total. The van der Waals surface area contributed by atoms with Gasteiger partial charge in [-0.25, -0.2) is 0 Å². The number of hydrogen-bond acceptors (Lipinski definition) is 5. The summed E-state index contributed by atoms with van der Waals surface area (Å²) in [7, 11) is 0. The molecule has 0 aliphatic carbocycles. The summed E-state index contributed by atoms with van der Waals surface area (Å²) < 4.78 is 6.01. The summed E-state index contributed by atoms with van der Waals surface area (Å²) in [6.45, 7) is 7.56. The number of likely N-dealkylation sites (tertiary alicyclic amines) is 1. The zero-order chi connectivity index (χ0) is 12.8. The van der Waals surface area contributed by atoms with Gasteiger partial charge in [-0.15, -0.1) is 0 Å². The fraction of sp³-hybridized carbons (Fsp3) is 1.00. The number of ether oxygens (including phenoxy) is 1. The van der Waals surface area contributed by atoms with E-state index in [0.29, 0.717) is 12.1 Å². The lowest BCUT2D eigenvalue weighted by molar-refractivity contribution is -0.0788. The van der Waals surface area contributed by atoms with Crippen LogP contribution in [0.5, 0.6) is 0 Å². The van der Waals surface area contributed by atoms with Gasteiger partial charge in [-0.2, -0.15) is 0 Å². The van der Waals surface area contributed by atoms with Gasteiger partial charge in [0, 0.05) is 45.3 Å². The minimum Gasteiger partial charge on any atom is -0.374 e. The van der Waals surface area contributed by atoms with Crippen LogP contribution in [0.2, 0.25) is 0 Å². The molecule has 2 rings (SSSR count). The highest BCUT2D eigenvalue weighted by Crippen LogP contribution is 2.23. The smallest absolute Gasteiger partial charge is 0.0857 e. The maximum absolute atomic E-state index is 6.01. The van der Waals surface area contributed by atoms with Crippen molar-refractivity contribution in [2.45, 2.75) is 31.4 Å². The van der Waals surface area contributed by atoms with E-state index >= 15 is 0 Å². The second-order valence-electron chi connectivity index (χ2n) is 5.39. The Kier molecular flexibility index (Phi) is 5.85. The van der Waals surface area contributed by atoms with Crippen LogP contribution in [0.15, 0.2) is 0 Å². The van der Waals surface area contributed by atoms with E-state index in [4.69, 9.17) is 16.2 Å². The van der Waals surface area contributed by atoms with Crippen molar-refractivity contribution in [2.75, 3.05) is 52.4 Å². The van der Waals surface area contributed by atoms with Crippen molar-refractivity contribution in [3.63, 3.8) is 0 Å². The van der Waals surface area contributed by atoms with Gasteiger partial charge in [0.1, 0.15) is 0 Å². The molecular weight excluding hydrogens is 228 g/mol. The molecule has 0 aromatic rings. The first-order chi connectivity index (χ1) is 8.85. The SMILES string of the molecule is NCCN1CCOC(C2CCCCN2CCN)C1. The van der Waals surface area contributed by atoms with Crippen LogP contribution in [0.3, 0.4) is 0 Å². The van der Waals surface area contributed by atoms with Crippen molar-refractivity contribution in [3.05, 3.63) is 0 Å². The second-order valence-corrected chi connectivity index (χ2v) is 5.39. The van der Waals surface area contributed by atoms with Crippen molar-refractivity contribution in [3.8, 4) is 0 Å². The molecule has 2 atom stereocenters. The fourth-order valence-corrected chi connectivity index (χ4v) is 3.23. The third-order valence-electron chi connectivity index (χ3n) is 4.13. The highest BCUT2D eigenvalue weighted by Gasteiger charge is 2.33. The average Bonchev–Trinajstić information content (AvgIpc) is 2.40. The van der Waals surface area contributed by atoms with E-state index in [2.05, 4.69) is 9.80 Å². The molecule has 0 aromatic heterocycles. The van der Waals surface area contributed by atoms with Gasteiger partial charge in [0.2, 0.25) is 0 Å². The van der Waals surface area contributed by atoms with Crippen molar-refractivity contribution in [2.24, 2.45) is 11.5 Å². The van der Waals surface area contributed by atoms with Crippen LogP contribution in [0.25, 0.3) is 0 Å². The van der Waals surface area contributed by atoms with Crippen molar-refractivity contribution >= 4 is 0 Å². The Morgan fingerprint density at radius 1 is 1.06 bits per heavy atom. The number of morpholine rings is 1. The van der Waals surface area contributed by atoms with E-state index in [1.165, 1.54) is 25.8 Å². The molecule has 0 spiro atoms. The summed E-state index contributed by atoms with van der Waals surface area (Å²) in [6.07, 6.45) is 4.22. The minimum absolute atomic E-state index is 0.345. The standard InChI is InChI=1S/C13H28N4O/c14-4-7-16-9-10-18-13(11-16)12-3-1-2-6-17(12)8-5-15/h12-13H,1-11,14-15H2. The van der Waals surface area contributed by atoms with E-state index in [0.717, 1.165) is 45.9 Å². The van der Waals surface area contributed by atoms with Crippen LogP contribution in [0.4, 0.5) is 0 Å². The van der Waals surface area contributed by atoms with E-state index in [9.17, 15) is 0 Å². The van der Waals surface area contributed by atoms with Crippen LogP contribution >= 0.6 is 0 Å². The molecule has 2 fully saturated rings. The molecule has 18 heavy (non-hydrogen) atoms. The normalized spacial score (nSPS) is 31.7. The number of nitrogens with zero attached hydrogens (tertiary/aromatic N) is 2. The van der Waals surface area contributed by atoms with E-state index in [1.807, 2.05) is 0 Å². The summed E-state index contributed by atoms with van der Waals surface area (Å²) in [6, 6.07) is 0.558. The summed E-state index contributed by atoms with van der Waals surface area (Å²) in [4.78, 5) is 4.96. The van der Waals surface area contributed by atoms with Crippen LogP contribution in [0, 0.1) is 0 Å². The molecule has 2 unspecified atom stereocenters. The third-order valence-corrected chi connectivity index (χ3v) is 4.13. The number of rotatable bonds is 5. The summed E-state index contributed by atoms with van der Waals surface area (Å²) in [5.74, 6) is 0. The quantitative estimate of drug-likeness (QED) is 0.691. The summed E-state index contributed by atoms with van der Waals surface area (Å²) >= 11 is 0. The lowest BCUT2D eigenvalue weighted by Gasteiger charge is -2.43. The Hall–Kier alpha value is -0.200. The minimum atomic E-state index is 0.345. The Morgan fingerprint density at radius 2 is 1.89 bits per heavy atom. The van der Waals surface area contributed by atoms with Gasteiger partial charge in [-0.1, -0.05) is 6.42 Å². The second kappa shape index (κ2) is 7.40. The van der Waals surface area contributed by atoms with Crippen LogP contribution in [-0.2, 0) is 4.74 Å². The highest BCUT2D eigenvalue weighted by molar-refractivity contribution is 4.87. The molecule has 5 heteroatoms. The van der Waals surface area contributed by atoms with Crippen LogP contribution < -0.4 is 11.5 Å². The molecular formula is C13H28N4O. The van der Waals surface area contributed by atoms with Gasteiger partial charge in [-0.05, 0) is 19.4 Å². The Bertz CT molecular complexity index is 235. The molecule has 0 saturated carbocycles. The summed E-state index contributed by atoms with van der Waals surface area (Å²) in [5.41, 5.74) is 11.4.